The number of pyridine rings is 1. The van der Waals surface area contributed by atoms with Gasteiger partial charge in [0, 0.05) is 12.6 Å². The fourth-order valence-electron chi connectivity index (χ4n) is 2.05. The van der Waals surface area contributed by atoms with Gasteiger partial charge in [-0.3, -0.25) is 9.78 Å². The quantitative estimate of drug-likeness (QED) is 0.649. The minimum absolute atomic E-state index is 0.00646. The van der Waals surface area contributed by atoms with Gasteiger partial charge >= 0.3 is 5.97 Å². The lowest BCUT2D eigenvalue weighted by molar-refractivity contribution is -0.121. The largest absolute Gasteiger partial charge is 0.478 e. The van der Waals surface area contributed by atoms with Crippen molar-refractivity contribution in [2.24, 2.45) is 0 Å². The second kappa shape index (κ2) is 9.91. The van der Waals surface area contributed by atoms with Crippen LogP contribution in [0.15, 0.2) is 18.3 Å². The summed E-state index contributed by atoms with van der Waals surface area (Å²) in [4.78, 5) is 26.5. The van der Waals surface area contributed by atoms with Gasteiger partial charge in [0.1, 0.15) is 0 Å². The summed E-state index contributed by atoms with van der Waals surface area (Å²) in [6.45, 7) is 2.45. The Bertz CT molecular complexity index is 461. The van der Waals surface area contributed by atoms with Crippen LogP contribution in [-0.2, 0) is 11.3 Å². The Morgan fingerprint density at radius 2 is 1.90 bits per heavy atom. The van der Waals surface area contributed by atoms with E-state index >= 15 is 0 Å². The SMILES string of the molecule is CCCCCCCCC(=O)NCc1cc(C(=O)O)ccn1. The van der Waals surface area contributed by atoms with Gasteiger partial charge in [-0.1, -0.05) is 39.0 Å². The molecule has 5 heteroatoms. The van der Waals surface area contributed by atoms with Gasteiger partial charge in [0.25, 0.3) is 0 Å². The Morgan fingerprint density at radius 1 is 1.19 bits per heavy atom. The zero-order chi connectivity index (χ0) is 15.5. The van der Waals surface area contributed by atoms with E-state index in [0.717, 1.165) is 12.8 Å². The molecule has 1 rings (SSSR count). The van der Waals surface area contributed by atoms with Crippen molar-refractivity contribution in [2.75, 3.05) is 0 Å². The number of carbonyl (C=O) groups excluding carboxylic acids is 1. The Hall–Kier alpha value is -1.91. The molecule has 1 aromatic rings. The number of carbonyl (C=O) groups is 2. The number of aromatic carboxylic acids is 1. The van der Waals surface area contributed by atoms with Crippen molar-refractivity contribution in [3.05, 3.63) is 29.6 Å². The van der Waals surface area contributed by atoms with Gasteiger partial charge in [-0.2, -0.15) is 0 Å². The van der Waals surface area contributed by atoms with Crippen LogP contribution in [0.25, 0.3) is 0 Å². The fraction of sp³-hybridized carbons (Fsp3) is 0.562. The number of nitrogens with one attached hydrogen (secondary N) is 1. The van der Waals surface area contributed by atoms with Crippen LogP contribution in [-0.4, -0.2) is 22.0 Å². The summed E-state index contributed by atoms with van der Waals surface area (Å²) in [5.41, 5.74) is 0.747. The molecular weight excluding hydrogens is 268 g/mol. The summed E-state index contributed by atoms with van der Waals surface area (Å²) in [5.74, 6) is -0.995. The predicted molar refractivity (Wildman–Crippen MR) is 81.0 cm³/mol. The molecule has 0 aliphatic carbocycles. The van der Waals surface area contributed by atoms with Crippen LogP contribution in [0.5, 0.6) is 0 Å². The van der Waals surface area contributed by atoms with Gasteiger partial charge in [-0.05, 0) is 18.6 Å². The van der Waals surface area contributed by atoms with Gasteiger partial charge < -0.3 is 10.4 Å². The van der Waals surface area contributed by atoms with Crippen LogP contribution in [0.2, 0.25) is 0 Å². The topological polar surface area (TPSA) is 79.3 Å². The Balaban J connectivity index is 2.21. The van der Waals surface area contributed by atoms with Crippen molar-refractivity contribution in [1.82, 2.24) is 10.3 Å². The molecule has 0 atom stereocenters. The normalized spacial score (nSPS) is 10.3. The van der Waals surface area contributed by atoms with Crippen molar-refractivity contribution >= 4 is 11.9 Å². The van der Waals surface area contributed by atoms with Crippen molar-refractivity contribution < 1.29 is 14.7 Å². The zero-order valence-corrected chi connectivity index (χ0v) is 12.6. The third kappa shape index (κ3) is 7.44. The summed E-state index contributed by atoms with van der Waals surface area (Å²) >= 11 is 0. The lowest BCUT2D eigenvalue weighted by atomic mass is 10.1. The molecule has 0 saturated carbocycles. The molecule has 1 heterocycles. The maximum atomic E-state index is 11.7. The van der Waals surface area contributed by atoms with Gasteiger partial charge in [0.15, 0.2) is 0 Å². The maximum absolute atomic E-state index is 11.7. The molecule has 1 aromatic heterocycles. The second-order valence-corrected chi connectivity index (χ2v) is 5.14. The standard InChI is InChI=1S/C16H24N2O3/c1-2-3-4-5-6-7-8-15(19)18-12-14-11-13(16(20)21)9-10-17-14/h9-11H,2-8,12H2,1H3,(H,18,19)(H,20,21). The average Bonchev–Trinajstić information content (AvgIpc) is 2.49. The van der Waals surface area contributed by atoms with Crippen molar-refractivity contribution in [2.45, 2.75) is 58.4 Å². The third-order valence-corrected chi connectivity index (χ3v) is 3.29. The number of hydrogen-bond donors (Lipinski definition) is 2. The van der Waals surface area contributed by atoms with Gasteiger partial charge in [0.05, 0.1) is 17.8 Å². The van der Waals surface area contributed by atoms with Crippen LogP contribution in [0.3, 0.4) is 0 Å². The number of aromatic nitrogens is 1. The smallest absolute Gasteiger partial charge is 0.335 e. The average molecular weight is 292 g/mol. The molecule has 21 heavy (non-hydrogen) atoms. The molecule has 5 nitrogen and oxygen atoms in total. The first-order valence-corrected chi connectivity index (χ1v) is 7.58. The van der Waals surface area contributed by atoms with E-state index < -0.39 is 5.97 Å². The van der Waals surface area contributed by atoms with E-state index in [1.807, 2.05) is 0 Å². The van der Waals surface area contributed by atoms with Crippen LogP contribution in [0.4, 0.5) is 0 Å². The summed E-state index contributed by atoms with van der Waals surface area (Å²) in [6.07, 6.45) is 8.86. The van der Waals surface area contributed by atoms with E-state index in [-0.39, 0.29) is 18.0 Å². The molecule has 0 spiro atoms. The number of unbranched alkanes of at least 4 members (excludes halogenated alkanes) is 5. The van der Waals surface area contributed by atoms with E-state index in [2.05, 4.69) is 17.2 Å². The lowest BCUT2D eigenvalue weighted by Gasteiger charge is -2.05. The highest BCUT2D eigenvalue weighted by atomic mass is 16.4. The van der Waals surface area contributed by atoms with E-state index in [9.17, 15) is 9.59 Å². The van der Waals surface area contributed by atoms with Gasteiger partial charge in [0.2, 0.25) is 5.91 Å². The van der Waals surface area contributed by atoms with E-state index in [1.54, 1.807) is 0 Å². The minimum Gasteiger partial charge on any atom is -0.478 e. The zero-order valence-electron chi connectivity index (χ0n) is 12.6. The molecule has 0 bridgehead atoms. The number of hydrogen-bond acceptors (Lipinski definition) is 3. The molecule has 0 aliphatic heterocycles. The number of carboxylic acid groups (broad SMARTS) is 1. The lowest BCUT2D eigenvalue weighted by Crippen LogP contribution is -2.23. The van der Waals surface area contributed by atoms with Crippen LogP contribution >= 0.6 is 0 Å². The van der Waals surface area contributed by atoms with Crippen molar-refractivity contribution in [1.29, 1.82) is 0 Å². The molecule has 2 N–H and O–H groups in total. The number of carboxylic acids is 1. The minimum atomic E-state index is -0.989. The third-order valence-electron chi connectivity index (χ3n) is 3.29. The highest BCUT2D eigenvalue weighted by molar-refractivity contribution is 5.87. The van der Waals surface area contributed by atoms with E-state index in [0.29, 0.717) is 12.1 Å². The van der Waals surface area contributed by atoms with Crippen LogP contribution in [0.1, 0.15) is 67.9 Å². The summed E-state index contributed by atoms with van der Waals surface area (Å²) in [6, 6.07) is 2.91. The van der Waals surface area contributed by atoms with Gasteiger partial charge in [-0.15, -0.1) is 0 Å². The molecule has 0 fully saturated rings. The van der Waals surface area contributed by atoms with Crippen LogP contribution < -0.4 is 5.32 Å². The fourth-order valence-corrected chi connectivity index (χ4v) is 2.05. The first kappa shape index (κ1) is 17.1. The van der Waals surface area contributed by atoms with Crippen molar-refractivity contribution in [3.63, 3.8) is 0 Å². The molecule has 0 aliphatic rings. The van der Waals surface area contributed by atoms with Crippen molar-refractivity contribution in [3.8, 4) is 0 Å². The molecule has 0 saturated heterocycles. The molecular formula is C16H24N2O3. The summed E-state index contributed by atoms with van der Waals surface area (Å²) in [7, 11) is 0. The molecule has 116 valence electrons. The number of nitrogens with zero attached hydrogens (tertiary/aromatic N) is 1. The summed E-state index contributed by atoms with van der Waals surface area (Å²) < 4.78 is 0. The number of rotatable bonds is 10. The molecule has 1 amide bonds. The van der Waals surface area contributed by atoms with E-state index in [1.165, 1.54) is 44.0 Å². The number of amides is 1. The Kier molecular flexibility index (Phi) is 8.09. The summed E-state index contributed by atoms with van der Waals surface area (Å²) in [5, 5.41) is 11.6. The molecule has 0 aromatic carbocycles. The Labute approximate surface area is 125 Å². The maximum Gasteiger partial charge on any atom is 0.335 e. The first-order valence-electron chi connectivity index (χ1n) is 7.58. The monoisotopic (exact) mass is 292 g/mol. The highest BCUT2D eigenvalue weighted by Crippen LogP contribution is 2.07. The second-order valence-electron chi connectivity index (χ2n) is 5.14. The molecule has 0 unspecified atom stereocenters. The van der Waals surface area contributed by atoms with Gasteiger partial charge in [-0.25, -0.2) is 4.79 Å². The Morgan fingerprint density at radius 3 is 2.62 bits per heavy atom. The van der Waals surface area contributed by atoms with E-state index in [4.69, 9.17) is 5.11 Å². The van der Waals surface area contributed by atoms with Crippen LogP contribution in [0, 0.1) is 0 Å². The highest BCUT2D eigenvalue weighted by Gasteiger charge is 2.06. The molecule has 0 radical (unpaired) electrons. The first-order chi connectivity index (χ1) is 10.1. The predicted octanol–water partition coefficient (Wildman–Crippen LogP) is 3.15.